The lowest BCUT2D eigenvalue weighted by molar-refractivity contribution is -0.139. The van der Waals surface area contributed by atoms with Crippen LogP contribution in [-0.2, 0) is 19.6 Å². The molecule has 1 amide bonds. The molecule has 3 aliphatic rings. The Hall–Kier alpha value is -1.44. The largest absolute Gasteiger partial charge is 0.376 e. The molecule has 1 aliphatic heterocycles. The second-order valence-electron chi connectivity index (χ2n) is 9.23. The number of carbonyl (C=O) groups excluding carboxylic acids is 1. The number of hydrogen-bond acceptors (Lipinski definition) is 4. The molecule has 2 saturated carbocycles. The second-order valence-corrected chi connectivity index (χ2v) is 11.0. The summed E-state index contributed by atoms with van der Waals surface area (Å²) in [5.74, 6) is 0.899. The second kappa shape index (κ2) is 9.37. The van der Waals surface area contributed by atoms with Crippen molar-refractivity contribution in [2.75, 3.05) is 19.4 Å². The first-order valence-electron chi connectivity index (χ1n) is 11.3. The molecule has 1 N–H and O–H groups in total. The van der Waals surface area contributed by atoms with Crippen LogP contribution in [0.5, 0.6) is 0 Å². The van der Waals surface area contributed by atoms with Crippen molar-refractivity contribution in [1.82, 2.24) is 9.62 Å². The van der Waals surface area contributed by atoms with Crippen molar-refractivity contribution < 1.29 is 17.9 Å². The molecule has 7 heteroatoms. The van der Waals surface area contributed by atoms with Crippen molar-refractivity contribution in [2.45, 2.75) is 75.5 Å². The van der Waals surface area contributed by atoms with Gasteiger partial charge in [0, 0.05) is 18.5 Å². The number of nitrogens with one attached hydrogen (secondary N) is 1. The first-order valence-corrected chi connectivity index (χ1v) is 13.2. The Balaban J connectivity index is 1.36. The van der Waals surface area contributed by atoms with E-state index in [2.05, 4.69) is 35.1 Å². The summed E-state index contributed by atoms with van der Waals surface area (Å²) in [7, 11) is -3.34. The lowest BCUT2D eigenvalue weighted by atomic mass is 9.83. The third-order valence-electron chi connectivity index (χ3n) is 6.80. The lowest BCUT2D eigenvalue weighted by Gasteiger charge is -2.42. The average Bonchev–Trinajstić information content (AvgIpc) is 3.57. The van der Waals surface area contributed by atoms with Gasteiger partial charge in [0.05, 0.1) is 25.0 Å². The normalized spacial score (nSPS) is 30.2. The van der Waals surface area contributed by atoms with Gasteiger partial charge in [-0.2, -0.15) is 0 Å². The number of nitrogens with zero attached hydrogens (tertiary/aromatic N) is 1. The molecule has 0 unspecified atom stereocenters. The van der Waals surface area contributed by atoms with E-state index in [1.54, 1.807) is 0 Å². The van der Waals surface area contributed by atoms with Gasteiger partial charge in [0.15, 0.2) is 0 Å². The fourth-order valence-electron chi connectivity index (χ4n) is 5.04. The van der Waals surface area contributed by atoms with E-state index in [4.69, 9.17) is 4.74 Å². The van der Waals surface area contributed by atoms with Crippen LogP contribution < -0.4 is 4.72 Å². The fourth-order valence-corrected chi connectivity index (χ4v) is 5.86. The van der Waals surface area contributed by atoms with Gasteiger partial charge in [-0.3, -0.25) is 4.79 Å². The van der Waals surface area contributed by atoms with Crippen molar-refractivity contribution in [3.05, 3.63) is 35.9 Å². The number of sulfonamides is 1. The van der Waals surface area contributed by atoms with Crippen molar-refractivity contribution in [1.29, 1.82) is 0 Å². The van der Waals surface area contributed by atoms with E-state index in [0.717, 1.165) is 51.4 Å². The van der Waals surface area contributed by atoms with E-state index < -0.39 is 10.0 Å². The monoisotopic (exact) mass is 434 g/mol. The van der Waals surface area contributed by atoms with Crippen LogP contribution in [0.3, 0.4) is 0 Å². The van der Waals surface area contributed by atoms with Crippen LogP contribution in [0.15, 0.2) is 30.3 Å². The Labute approximate surface area is 180 Å². The zero-order chi connectivity index (χ0) is 21.1. The Morgan fingerprint density at radius 3 is 2.40 bits per heavy atom. The predicted molar refractivity (Wildman–Crippen MR) is 117 cm³/mol. The first kappa shape index (κ1) is 21.8. The molecule has 4 rings (SSSR count). The molecule has 0 radical (unpaired) electrons. The summed E-state index contributed by atoms with van der Waals surface area (Å²) in [4.78, 5) is 14.7. The molecule has 3 fully saturated rings. The molecule has 30 heavy (non-hydrogen) atoms. The highest BCUT2D eigenvalue weighted by Gasteiger charge is 2.41. The number of likely N-dealkylation sites (tertiary alicyclic amines) is 1. The van der Waals surface area contributed by atoms with Gasteiger partial charge in [0.2, 0.25) is 15.9 Å². The minimum absolute atomic E-state index is 0.130. The molecule has 166 valence electrons. The number of hydrogen-bond donors (Lipinski definition) is 1. The fraction of sp³-hybridized carbons (Fsp3) is 0.696. The van der Waals surface area contributed by atoms with Gasteiger partial charge in [0.1, 0.15) is 0 Å². The van der Waals surface area contributed by atoms with Crippen LogP contribution in [0.2, 0.25) is 0 Å². The predicted octanol–water partition coefficient (Wildman–Crippen LogP) is 3.05. The summed E-state index contributed by atoms with van der Waals surface area (Å²) in [5.41, 5.74) is 1.40. The first-order chi connectivity index (χ1) is 14.4. The van der Waals surface area contributed by atoms with E-state index >= 15 is 0 Å². The highest BCUT2D eigenvalue weighted by atomic mass is 32.2. The standard InChI is InChI=1S/C23H34N2O4S/c1-30(27,28)24-21-8-5-15-25(23(26)19-9-10-19)22(21)16-29-20-13-11-18(12-14-20)17-6-3-2-4-7-17/h2-4,6-7,18-22,24H,5,8-16H2,1H3/t18-,20+,21-,22-/m0/s1. The van der Waals surface area contributed by atoms with Crippen LogP contribution in [0, 0.1) is 5.92 Å². The third kappa shape index (κ3) is 5.62. The quantitative estimate of drug-likeness (QED) is 0.716. The molecule has 1 aromatic carbocycles. The minimum atomic E-state index is -3.34. The average molecular weight is 435 g/mol. The lowest BCUT2D eigenvalue weighted by Crippen LogP contribution is -2.59. The Kier molecular flexibility index (Phi) is 6.80. The minimum Gasteiger partial charge on any atom is -0.376 e. The van der Waals surface area contributed by atoms with Gasteiger partial charge in [-0.1, -0.05) is 30.3 Å². The third-order valence-corrected chi connectivity index (χ3v) is 7.53. The van der Waals surface area contributed by atoms with Crippen molar-refractivity contribution in [3.8, 4) is 0 Å². The molecule has 0 aromatic heterocycles. The van der Waals surface area contributed by atoms with Crippen molar-refractivity contribution >= 4 is 15.9 Å². The maximum absolute atomic E-state index is 12.8. The summed E-state index contributed by atoms with van der Waals surface area (Å²) in [6, 6.07) is 10.2. The van der Waals surface area contributed by atoms with Gasteiger partial charge in [-0.15, -0.1) is 0 Å². The van der Waals surface area contributed by atoms with E-state index in [1.165, 1.54) is 11.8 Å². The molecule has 1 saturated heterocycles. The van der Waals surface area contributed by atoms with Crippen molar-refractivity contribution in [2.24, 2.45) is 5.92 Å². The maximum Gasteiger partial charge on any atom is 0.226 e. The van der Waals surface area contributed by atoms with Gasteiger partial charge < -0.3 is 9.64 Å². The van der Waals surface area contributed by atoms with Gasteiger partial charge in [0.25, 0.3) is 0 Å². The molecule has 2 aliphatic carbocycles. The van der Waals surface area contributed by atoms with Crippen LogP contribution >= 0.6 is 0 Å². The van der Waals surface area contributed by atoms with E-state index in [1.807, 2.05) is 4.90 Å². The Morgan fingerprint density at radius 1 is 1.07 bits per heavy atom. The zero-order valence-corrected chi connectivity index (χ0v) is 18.6. The molecule has 1 heterocycles. The number of ether oxygens (including phenoxy) is 1. The molecule has 1 aromatic rings. The smallest absolute Gasteiger partial charge is 0.226 e. The maximum atomic E-state index is 12.8. The van der Waals surface area contributed by atoms with Crippen LogP contribution in [0.4, 0.5) is 0 Å². The van der Waals surface area contributed by atoms with Crippen LogP contribution in [0.25, 0.3) is 0 Å². The summed E-state index contributed by atoms with van der Waals surface area (Å²) in [6.07, 6.45) is 9.08. The molecular weight excluding hydrogens is 400 g/mol. The van der Waals surface area contributed by atoms with E-state index in [-0.39, 0.29) is 30.0 Å². The molecule has 0 bridgehead atoms. The highest BCUT2D eigenvalue weighted by Crippen LogP contribution is 2.36. The van der Waals surface area contributed by atoms with Crippen molar-refractivity contribution in [3.63, 3.8) is 0 Å². The Morgan fingerprint density at radius 2 is 1.77 bits per heavy atom. The molecular formula is C23H34N2O4S. The number of benzene rings is 1. The Bertz CT molecular complexity index is 817. The van der Waals surface area contributed by atoms with Crippen LogP contribution in [-0.4, -0.2) is 56.8 Å². The molecule has 6 nitrogen and oxygen atoms in total. The zero-order valence-electron chi connectivity index (χ0n) is 17.8. The summed E-state index contributed by atoms with van der Waals surface area (Å²) in [5, 5.41) is 0. The molecule has 0 spiro atoms. The summed E-state index contributed by atoms with van der Waals surface area (Å²) < 4.78 is 32.8. The molecule has 2 atom stereocenters. The summed E-state index contributed by atoms with van der Waals surface area (Å²) >= 11 is 0. The van der Waals surface area contributed by atoms with E-state index in [9.17, 15) is 13.2 Å². The van der Waals surface area contributed by atoms with Gasteiger partial charge >= 0.3 is 0 Å². The number of piperidine rings is 1. The number of amides is 1. The topological polar surface area (TPSA) is 75.7 Å². The van der Waals surface area contributed by atoms with E-state index in [0.29, 0.717) is 19.1 Å². The number of carbonyl (C=O) groups is 1. The summed E-state index contributed by atoms with van der Waals surface area (Å²) in [6.45, 7) is 1.11. The SMILES string of the molecule is CS(=O)(=O)N[C@H]1CCCN(C(=O)C2CC2)[C@H]1CO[C@H]1CC[C@@H](c2ccccc2)CC1. The van der Waals surface area contributed by atoms with Crippen LogP contribution in [0.1, 0.15) is 62.8 Å². The van der Waals surface area contributed by atoms with Gasteiger partial charge in [-0.25, -0.2) is 13.1 Å². The highest BCUT2D eigenvalue weighted by molar-refractivity contribution is 7.88. The van der Waals surface area contributed by atoms with Gasteiger partial charge in [-0.05, 0) is 62.8 Å². The number of rotatable bonds is 7.